The van der Waals surface area contributed by atoms with Gasteiger partial charge in [-0.2, -0.15) is 0 Å². The third-order valence-electron chi connectivity index (χ3n) is 3.80. The van der Waals surface area contributed by atoms with Gasteiger partial charge in [-0.15, -0.1) is 22.7 Å². The predicted octanol–water partition coefficient (Wildman–Crippen LogP) is 4.40. The Morgan fingerprint density at radius 3 is 2.95 bits per heavy atom. The van der Waals surface area contributed by atoms with Crippen molar-refractivity contribution in [3.63, 3.8) is 0 Å². The fraction of sp³-hybridized carbons (Fsp3) is 0.533. The number of amides is 2. The van der Waals surface area contributed by atoms with Crippen LogP contribution in [0.2, 0.25) is 0 Å². The van der Waals surface area contributed by atoms with Crippen LogP contribution in [0.25, 0.3) is 0 Å². The number of likely N-dealkylation sites (tertiary alicyclic amines) is 1. The molecule has 0 spiro atoms. The number of rotatable bonds is 3. The topological polar surface area (TPSA) is 58.1 Å². The van der Waals surface area contributed by atoms with E-state index in [9.17, 15) is 4.79 Å². The SMILES string of the molecule is Cc1nc([C@@H]2CCCN2C(=O)Nc2ncc(C(C)C)s2)cs1. The van der Waals surface area contributed by atoms with E-state index in [1.165, 1.54) is 4.88 Å². The van der Waals surface area contributed by atoms with E-state index in [0.717, 1.165) is 30.1 Å². The van der Waals surface area contributed by atoms with Gasteiger partial charge in [-0.25, -0.2) is 14.8 Å². The number of urea groups is 1. The number of hydrogen-bond donors (Lipinski definition) is 1. The summed E-state index contributed by atoms with van der Waals surface area (Å²) in [7, 11) is 0. The second kappa shape index (κ2) is 6.34. The van der Waals surface area contributed by atoms with Crippen molar-refractivity contribution in [1.82, 2.24) is 14.9 Å². The first-order chi connectivity index (χ1) is 10.5. The summed E-state index contributed by atoms with van der Waals surface area (Å²) in [6.07, 6.45) is 3.84. The second-order valence-electron chi connectivity index (χ2n) is 5.80. The standard InChI is InChI=1S/C15H20N4OS2/c1-9(2)13-7-16-14(22-13)18-15(20)19-6-4-5-12(19)11-8-21-10(3)17-11/h7-9,12H,4-6H2,1-3H3,(H,16,18,20)/t12-/m0/s1. The Balaban J connectivity index is 1.70. The molecule has 5 nitrogen and oxygen atoms in total. The highest BCUT2D eigenvalue weighted by Gasteiger charge is 2.31. The number of hydrogen-bond acceptors (Lipinski definition) is 5. The van der Waals surface area contributed by atoms with Crippen LogP contribution >= 0.6 is 22.7 Å². The van der Waals surface area contributed by atoms with Crippen molar-refractivity contribution in [2.24, 2.45) is 0 Å². The van der Waals surface area contributed by atoms with Crippen LogP contribution in [-0.2, 0) is 0 Å². The number of thiazole rings is 2. The smallest absolute Gasteiger partial charge is 0.316 e. The molecule has 22 heavy (non-hydrogen) atoms. The molecule has 1 atom stereocenters. The molecule has 1 fully saturated rings. The van der Waals surface area contributed by atoms with Crippen molar-refractivity contribution in [3.8, 4) is 0 Å². The molecular weight excluding hydrogens is 316 g/mol. The fourth-order valence-corrected chi connectivity index (χ4v) is 4.09. The fourth-order valence-electron chi connectivity index (χ4n) is 2.63. The van der Waals surface area contributed by atoms with E-state index in [0.29, 0.717) is 11.0 Å². The van der Waals surface area contributed by atoms with Crippen molar-refractivity contribution >= 4 is 33.8 Å². The van der Waals surface area contributed by atoms with Gasteiger partial charge in [0.25, 0.3) is 0 Å². The van der Waals surface area contributed by atoms with Gasteiger partial charge < -0.3 is 4.90 Å². The van der Waals surface area contributed by atoms with Crippen molar-refractivity contribution < 1.29 is 4.79 Å². The van der Waals surface area contributed by atoms with Crippen LogP contribution < -0.4 is 5.32 Å². The third kappa shape index (κ3) is 3.15. The minimum atomic E-state index is -0.0715. The molecule has 0 aliphatic carbocycles. The lowest BCUT2D eigenvalue weighted by atomic mass is 10.2. The first-order valence-electron chi connectivity index (χ1n) is 7.50. The Labute approximate surface area is 138 Å². The van der Waals surface area contributed by atoms with Crippen molar-refractivity contribution in [1.29, 1.82) is 0 Å². The molecule has 0 aromatic carbocycles. The van der Waals surface area contributed by atoms with E-state index in [4.69, 9.17) is 0 Å². The maximum Gasteiger partial charge on any atom is 0.324 e. The zero-order valence-electron chi connectivity index (χ0n) is 13.0. The van der Waals surface area contributed by atoms with Gasteiger partial charge in [0.05, 0.1) is 16.7 Å². The molecular formula is C15H20N4OS2. The largest absolute Gasteiger partial charge is 0.324 e. The zero-order chi connectivity index (χ0) is 15.7. The van der Waals surface area contributed by atoms with Crippen LogP contribution in [0, 0.1) is 6.92 Å². The average molecular weight is 336 g/mol. The molecule has 2 amide bonds. The lowest BCUT2D eigenvalue weighted by Crippen LogP contribution is -2.34. The molecule has 2 aromatic rings. The number of aryl methyl sites for hydroxylation is 1. The Morgan fingerprint density at radius 2 is 2.32 bits per heavy atom. The summed E-state index contributed by atoms with van der Waals surface area (Å²) < 4.78 is 0. The molecule has 0 radical (unpaired) electrons. The minimum Gasteiger partial charge on any atom is -0.316 e. The lowest BCUT2D eigenvalue weighted by Gasteiger charge is -2.23. The number of anilines is 1. The summed E-state index contributed by atoms with van der Waals surface area (Å²) in [5, 5.41) is 6.72. The maximum absolute atomic E-state index is 12.5. The van der Waals surface area contributed by atoms with Gasteiger partial charge in [0.2, 0.25) is 0 Å². The molecule has 1 N–H and O–H groups in total. The first-order valence-corrected chi connectivity index (χ1v) is 9.19. The van der Waals surface area contributed by atoms with Crippen LogP contribution in [0.3, 0.4) is 0 Å². The van der Waals surface area contributed by atoms with Crippen molar-refractivity contribution in [2.75, 3.05) is 11.9 Å². The van der Waals surface area contributed by atoms with Crippen LogP contribution in [0.5, 0.6) is 0 Å². The predicted molar refractivity (Wildman–Crippen MR) is 90.8 cm³/mol. The summed E-state index contributed by atoms with van der Waals surface area (Å²) >= 11 is 3.18. The molecule has 118 valence electrons. The van der Waals surface area contributed by atoms with E-state index in [2.05, 4.69) is 34.5 Å². The first kappa shape index (κ1) is 15.4. The van der Waals surface area contributed by atoms with E-state index in [1.54, 1.807) is 22.7 Å². The lowest BCUT2D eigenvalue weighted by molar-refractivity contribution is 0.206. The molecule has 3 rings (SSSR count). The Hall–Kier alpha value is -1.47. The number of nitrogens with one attached hydrogen (secondary N) is 1. The van der Waals surface area contributed by atoms with E-state index >= 15 is 0 Å². The highest BCUT2D eigenvalue weighted by atomic mass is 32.1. The maximum atomic E-state index is 12.5. The molecule has 7 heteroatoms. The van der Waals surface area contributed by atoms with Gasteiger partial charge in [0.15, 0.2) is 5.13 Å². The number of carbonyl (C=O) groups excluding carboxylic acids is 1. The molecule has 1 aliphatic heterocycles. The van der Waals surface area contributed by atoms with Gasteiger partial charge >= 0.3 is 6.03 Å². The van der Waals surface area contributed by atoms with Gasteiger partial charge in [-0.1, -0.05) is 13.8 Å². The molecule has 0 unspecified atom stereocenters. The Morgan fingerprint density at radius 1 is 1.50 bits per heavy atom. The van der Waals surface area contributed by atoms with Crippen LogP contribution in [0.4, 0.5) is 9.93 Å². The summed E-state index contributed by atoms with van der Waals surface area (Å²) in [5.41, 5.74) is 1.01. The highest BCUT2D eigenvalue weighted by Crippen LogP contribution is 2.33. The second-order valence-corrected chi connectivity index (χ2v) is 7.92. The summed E-state index contributed by atoms with van der Waals surface area (Å²) in [6, 6.07) is 0.0206. The Kier molecular flexibility index (Phi) is 4.44. The summed E-state index contributed by atoms with van der Waals surface area (Å²) in [4.78, 5) is 24.4. The quantitative estimate of drug-likeness (QED) is 0.903. The summed E-state index contributed by atoms with van der Waals surface area (Å²) in [6.45, 7) is 7.02. The zero-order valence-corrected chi connectivity index (χ0v) is 14.6. The number of aromatic nitrogens is 2. The molecule has 1 saturated heterocycles. The van der Waals surface area contributed by atoms with E-state index < -0.39 is 0 Å². The van der Waals surface area contributed by atoms with Gasteiger partial charge in [-0.3, -0.25) is 5.32 Å². The monoisotopic (exact) mass is 336 g/mol. The molecule has 0 saturated carbocycles. The average Bonchev–Trinajstić information content (AvgIpc) is 3.16. The van der Waals surface area contributed by atoms with E-state index in [1.807, 2.05) is 18.0 Å². The molecule has 1 aliphatic rings. The Bertz CT molecular complexity index is 664. The van der Waals surface area contributed by atoms with Crippen LogP contribution in [-0.4, -0.2) is 27.4 Å². The van der Waals surface area contributed by atoms with E-state index in [-0.39, 0.29) is 12.1 Å². The summed E-state index contributed by atoms with van der Waals surface area (Å²) in [5.74, 6) is 0.431. The normalized spacial score (nSPS) is 18.2. The number of carbonyl (C=O) groups is 1. The third-order valence-corrected chi connectivity index (χ3v) is 5.80. The van der Waals surface area contributed by atoms with Crippen molar-refractivity contribution in [2.45, 2.75) is 45.6 Å². The van der Waals surface area contributed by atoms with Crippen LogP contribution in [0.15, 0.2) is 11.6 Å². The highest BCUT2D eigenvalue weighted by molar-refractivity contribution is 7.15. The molecule has 0 bridgehead atoms. The van der Waals surface area contributed by atoms with Crippen LogP contribution in [0.1, 0.15) is 54.2 Å². The molecule has 3 heterocycles. The van der Waals surface area contributed by atoms with Crippen molar-refractivity contribution in [3.05, 3.63) is 27.2 Å². The van der Waals surface area contributed by atoms with Gasteiger partial charge in [-0.05, 0) is 25.7 Å². The minimum absolute atomic E-state index is 0.0715. The number of nitrogens with zero attached hydrogens (tertiary/aromatic N) is 3. The van der Waals surface area contributed by atoms with Gasteiger partial charge in [0.1, 0.15) is 0 Å². The van der Waals surface area contributed by atoms with Gasteiger partial charge in [0, 0.05) is 23.0 Å². The molecule has 2 aromatic heterocycles.